The van der Waals surface area contributed by atoms with Crippen molar-refractivity contribution >= 4 is 5.97 Å². The van der Waals surface area contributed by atoms with E-state index in [9.17, 15) is 4.79 Å². The molecule has 1 saturated heterocycles. The van der Waals surface area contributed by atoms with Crippen molar-refractivity contribution in [3.63, 3.8) is 0 Å². The van der Waals surface area contributed by atoms with Crippen molar-refractivity contribution in [2.24, 2.45) is 0 Å². The SMILES string of the molecule is CCCCCCCC/C=C\CCCCCCC[C@@H]1OC[C@H](COC(C)=O)O1. The van der Waals surface area contributed by atoms with Gasteiger partial charge in [0.05, 0.1) is 6.61 Å². The molecule has 0 aromatic carbocycles. The number of ether oxygens (including phenoxy) is 3. The third-order valence-corrected chi connectivity index (χ3v) is 4.99. The molecule has 0 spiro atoms. The zero-order valence-corrected chi connectivity index (χ0v) is 17.8. The Hall–Kier alpha value is -0.870. The van der Waals surface area contributed by atoms with Gasteiger partial charge in [-0.2, -0.15) is 0 Å². The quantitative estimate of drug-likeness (QED) is 0.167. The lowest BCUT2D eigenvalue weighted by molar-refractivity contribution is -0.145. The van der Waals surface area contributed by atoms with Crippen molar-refractivity contribution < 1.29 is 19.0 Å². The number of rotatable bonds is 17. The van der Waals surface area contributed by atoms with E-state index in [-0.39, 0.29) is 18.4 Å². The summed E-state index contributed by atoms with van der Waals surface area (Å²) in [6, 6.07) is 0. The normalized spacial score (nSPS) is 19.8. The third kappa shape index (κ3) is 14.8. The van der Waals surface area contributed by atoms with Gasteiger partial charge in [-0.15, -0.1) is 0 Å². The molecule has 158 valence electrons. The van der Waals surface area contributed by atoms with Crippen molar-refractivity contribution in [1.29, 1.82) is 0 Å². The van der Waals surface area contributed by atoms with Crippen LogP contribution in [0.3, 0.4) is 0 Å². The molecule has 0 bridgehead atoms. The minimum absolute atomic E-state index is 0.0953. The molecular weight excluding hydrogens is 340 g/mol. The Bertz CT molecular complexity index is 381. The lowest BCUT2D eigenvalue weighted by Gasteiger charge is -2.11. The van der Waals surface area contributed by atoms with E-state index in [2.05, 4.69) is 19.1 Å². The molecule has 27 heavy (non-hydrogen) atoms. The highest BCUT2D eigenvalue weighted by Gasteiger charge is 2.26. The Morgan fingerprint density at radius 1 is 0.926 bits per heavy atom. The summed E-state index contributed by atoms with van der Waals surface area (Å²) in [6.07, 6.45) is 22.5. The number of allylic oxidation sites excluding steroid dienone is 2. The van der Waals surface area contributed by atoms with Gasteiger partial charge in [0.2, 0.25) is 0 Å². The largest absolute Gasteiger partial charge is 0.463 e. The van der Waals surface area contributed by atoms with Crippen LogP contribution in [0, 0.1) is 0 Å². The van der Waals surface area contributed by atoms with Gasteiger partial charge < -0.3 is 14.2 Å². The lowest BCUT2D eigenvalue weighted by atomic mass is 10.1. The second-order valence-corrected chi connectivity index (χ2v) is 7.70. The van der Waals surface area contributed by atoms with Gasteiger partial charge in [0, 0.05) is 6.92 Å². The maximum atomic E-state index is 10.8. The molecule has 1 fully saturated rings. The third-order valence-electron chi connectivity index (χ3n) is 4.99. The summed E-state index contributed by atoms with van der Waals surface area (Å²) in [6.45, 7) is 4.52. The fourth-order valence-corrected chi connectivity index (χ4v) is 3.34. The van der Waals surface area contributed by atoms with E-state index in [1.807, 2.05) is 0 Å². The summed E-state index contributed by atoms with van der Waals surface area (Å²) in [7, 11) is 0. The number of unbranched alkanes of at least 4 members (excludes halogenated alkanes) is 11. The second kappa shape index (κ2) is 17.2. The Morgan fingerprint density at radius 2 is 1.52 bits per heavy atom. The number of hydrogen-bond donors (Lipinski definition) is 0. The van der Waals surface area contributed by atoms with E-state index in [0.29, 0.717) is 13.2 Å². The molecule has 1 aliphatic heterocycles. The maximum Gasteiger partial charge on any atom is 0.302 e. The van der Waals surface area contributed by atoms with Crippen LogP contribution >= 0.6 is 0 Å². The fourth-order valence-electron chi connectivity index (χ4n) is 3.34. The second-order valence-electron chi connectivity index (χ2n) is 7.70. The zero-order chi connectivity index (χ0) is 19.6. The van der Waals surface area contributed by atoms with Gasteiger partial charge in [0.1, 0.15) is 12.7 Å². The average molecular weight is 383 g/mol. The predicted octanol–water partition coefficient (Wildman–Crippen LogP) is 6.33. The topological polar surface area (TPSA) is 44.8 Å². The van der Waals surface area contributed by atoms with E-state index in [4.69, 9.17) is 14.2 Å². The summed E-state index contributed by atoms with van der Waals surface area (Å²) >= 11 is 0. The van der Waals surface area contributed by atoms with Gasteiger partial charge in [-0.1, -0.05) is 70.4 Å². The van der Waals surface area contributed by atoms with Gasteiger partial charge in [0.25, 0.3) is 0 Å². The summed E-state index contributed by atoms with van der Waals surface area (Å²) < 4.78 is 16.3. The van der Waals surface area contributed by atoms with Crippen molar-refractivity contribution in [1.82, 2.24) is 0 Å². The van der Waals surface area contributed by atoms with Crippen molar-refractivity contribution in [2.45, 2.75) is 116 Å². The molecule has 1 aliphatic rings. The predicted molar refractivity (Wildman–Crippen MR) is 111 cm³/mol. The summed E-state index contributed by atoms with van der Waals surface area (Å²) in [5, 5.41) is 0. The zero-order valence-electron chi connectivity index (χ0n) is 17.8. The highest BCUT2D eigenvalue weighted by Crippen LogP contribution is 2.18. The first kappa shape index (κ1) is 24.2. The molecule has 4 heteroatoms. The molecule has 2 atom stereocenters. The van der Waals surface area contributed by atoms with Crippen LogP contribution in [0.4, 0.5) is 0 Å². The van der Waals surface area contributed by atoms with Crippen molar-refractivity contribution in [3.05, 3.63) is 12.2 Å². The molecule has 0 radical (unpaired) electrons. The number of carbonyl (C=O) groups is 1. The van der Waals surface area contributed by atoms with Crippen LogP contribution in [0.5, 0.6) is 0 Å². The Kier molecular flexibility index (Phi) is 15.4. The van der Waals surface area contributed by atoms with Gasteiger partial charge in [-0.25, -0.2) is 0 Å². The molecule has 0 N–H and O–H groups in total. The van der Waals surface area contributed by atoms with Gasteiger partial charge >= 0.3 is 5.97 Å². The highest BCUT2D eigenvalue weighted by atomic mass is 16.7. The Balaban J connectivity index is 1.80. The molecule has 1 rings (SSSR count). The van der Waals surface area contributed by atoms with E-state index in [1.54, 1.807) is 0 Å². The smallest absolute Gasteiger partial charge is 0.302 e. The van der Waals surface area contributed by atoms with E-state index in [0.717, 1.165) is 12.8 Å². The van der Waals surface area contributed by atoms with Crippen LogP contribution in [0.2, 0.25) is 0 Å². The van der Waals surface area contributed by atoms with Crippen LogP contribution in [0.15, 0.2) is 12.2 Å². The van der Waals surface area contributed by atoms with Crippen LogP contribution < -0.4 is 0 Å². The van der Waals surface area contributed by atoms with Gasteiger partial charge in [-0.3, -0.25) is 4.79 Å². The first-order valence-electron chi connectivity index (χ1n) is 11.3. The molecule has 0 aromatic rings. The average Bonchev–Trinajstić information content (AvgIpc) is 3.11. The van der Waals surface area contributed by atoms with Crippen molar-refractivity contribution in [2.75, 3.05) is 13.2 Å². The maximum absolute atomic E-state index is 10.8. The molecule has 0 unspecified atom stereocenters. The first-order chi connectivity index (χ1) is 13.2. The van der Waals surface area contributed by atoms with E-state index in [1.165, 1.54) is 84.0 Å². The van der Waals surface area contributed by atoms with Crippen LogP contribution in [-0.4, -0.2) is 31.6 Å². The Labute approximate surface area is 167 Å². The van der Waals surface area contributed by atoms with Gasteiger partial charge in [0.15, 0.2) is 6.29 Å². The molecule has 0 aliphatic carbocycles. The van der Waals surface area contributed by atoms with Gasteiger partial charge in [-0.05, 0) is 38.5 Å². The van der Waals surface area contributed by atoms with E-state index < -0.39 is 0 Å². The lowest BCUT2D eigenvalue weighted by Crippen LogP contribution is -2.20. The minimum Gasteiger partial charge on any atom is -0.463 e. The standard InChI is InChI=1S/C23H42O4/c1-3-4-5-6-7-8-9-10-11-12-13-14-15-16-17-18-23-26-20-22(27-23)19-25-21(2)24/h10-11,22-23H,3-9,12-20H2,1-2H3/b11-10-/t22-,23+/m0/s1. The first-order valence-corrected chi connectivity index (χ1v) is 11.3. The monoisotopic (exact) mass is 382 g/mol. The Morgan fingerprint density at radius 3 is 2.15 bits per heavy atom. The fraction of sp³-hybridized carbons (Fsp3) is 0.870. The number of carbonyl (C=O) groups excluding carboxylic acids is 1. The number of hydrogen-bond acceptors (Lipinski definition) is 4. The summed E-state index contributed by atoms with van der Waals surface area (Å²) in [5.41, 5.74) is 0. The summed E-state index contributed by atoms with van der Waals surface area (Å²) in [4.78, 5) is 10.8. The number of esters is 1. The van der Waals surface area contributed by atoms with Crippen LogP contribution in [-0.2, 0) is 19.0 Å². The van der Waals surface area contributed by atoms with Crippen molar-refractivity contribution in [3.8, 4) is 0 Å². The molecular formula is C23H42O4. The molecule has 0 aromatic heterocycles. The highest BCUT2D eigenvalue weighted by molar-refractivity contribution is 5.65. The molecule has 1 heterocycles. The molecule has 0 amide bonds. The van der Waals surface area contributed by atoms with Crippen LogP contribution in [0.25, 0.3) is 0 Å². The summed E-state index contributed by atoms with van der Waals surface area (Å²) in [5.74, 6) is -0.265. The molecule has 4 nitrogen and oxygen atoms in total. The minimum atomic E-state index is -0.265. The van der Waals surface area contributed by atoms with E-state index >= 15 is 0 Å². The molecule has 0 saturated carbocycles. The van der Waals surface area contributed by atoms with Crippen LogP contribution in [0.1, 0.15) is 104 Å².